The van der Waals surface area contributed by atoms with Crippen LogP contribution in [0.25, 0.3) is 0 Å². The van der Waals surface area contributed by atoms with Crippen molar-refractivity contribution in [2.24, 2.45) is 17.8 Å². The molecule has 0 aromatic carbocycles. The smallest absolute Gasteiger partial charge is 0.135 e. The molecule has 2 unspecified atom stereocenters. The van der Waals surface area contributed by atoms with Crippen molar-refractivity contribution in [2.45, 2.75) is 59.3 Å². The molecule has 82 valence electrons. The van der Waals surface area contributed by atoms with Gasteiger partial charge in [0.1, 0.15) is 5.78 Å². The van der Waals surface area contributed by atoms with Gasteiger partial charge in [0.15, 0.2) is 0 Å². The Labute approximate surface area is 88.3 Å². The molecule has 1 aliphatic rings. The van der Waals surface area contributed by atoms with E-state index in [0.29, 0.717) is 17.6 Å². The van der Waals surface area contributed by atoms with Crippen molar-refractivity contribution in [3.05, 3.63) is 0 Å². The molecule has 0 N–H and O–H groups in total. The zero-order valence-electron chi connectivity index (χ0n) is 9.88. The first kappa shape index (κ1) is 11.7. The summed E-state index contributed by atoms with van der Waals surface area (Å²) in [5.41, 5.74) is 0. The average molecular weight is 196 g/mol. The normalized spacial score (nSPS) is 28.0. The van der Waals surface area contributed by atoms with E-state index >= 15 is 0 Å². The van der Waals surface area contributed by atoms with Crippen LogP contribution in [0.3, 0.4) is 0 Å². The standard InChI is InChI=1S/C13H24O/c1-10(2)7-8-13(14)12-6-4-5-11(3)9-12/h10-12H,4-9H2,1-3H3. The van der Waals surface area contributed by atoms with Gasteiger partial charge < -0.3 is 0 Å². The summed E-state index contributed by atoms with van der Waals surface area (Å²) in [4.78, 5) is 11.8. The van der Waals surface area contributed by atoms with Crippen molar-refractivity contribution in [3.63, 3.8) is 0 Å². The maximum absolute atomic E-state index is 11.8. The highest BCUT2D eigenvalue weighted by Gasteiger charge is 2.24. The number of hydrogen-bond donors (Lipinski definition) is 0. The molecule has 0 bridgehead atoms. The van der Waals surface area contributed by atoms with Crippen LogP contribution in [-0.2, 0) is 4.79 Å². The lowest BCUT2D eigenvalue weighted by Crippen LogP contribution is -2.21. The number of hydrogen-bond acceptors (Lipinski definition) is 1. The predicted octanol–water partition coefficient (Wildman–Crippen LogP) is 3.82. The summed E-state index contributed by atoms with van der Waals surface area (Å²) in [5, 5.41) is 0. The predicted molar refractivity (Wildman–Crippen MR) is 60.2 cm³/mol. The molecule has 0 aliphatic heterocycles. The fourth-order valence-electron chi connectivity index (χ4n) is 2.36. The summed E-state index contributed by atoms with van der Waals surface area (Å²) < 4.78 is 0. The molecule has 1 rings (SSSR count). The van der Waals surface area contributed by atoms with Gasteiger partial charge in [-0.1, -0.05) is 33.6 Å². The topological polar surface area (TPSA) is 17.1 Å². The second kappa shape index (κ2) is 5.53. The third kappa shape index (κ3) is 3.81. The van der Waals surface area contributed by atoms with Gasteiger partial charge in [-0.2, -0.15) is 0 Å². The average Bonchev–Trinajstić information content (AvgIpc) is 2.14. The largest absolute Gasteiger partial charge is 0.299 e. The minimum absolute atomic E-state index is 0.400. The fraction of sp³-hybridized carbons (Fsp3) is 0.923. The van der Waals surface area contributed by atoms with Gasteiger partial charge in [-0.25, -0.2) is 0 Å². The minimum Gasteiger partial charge on any atom is -0.299 e. The molecule has 0 amide bonds. The van der Waals surface area contributed by atoms with Gasteiger partial charge in [-0.05, 0) is 31.1 Å². The zero-order chi connectivity index (χ0) is 10.6. The molecule has 1 nitrogen and oxygen atoms in total. The van der Waals surface area contributed by atoms with E-state index in [-0.39, 0.29) is 0 Å². The van der Waals surface area contributed by atoms with E-state index in [9.17, 15) is 4.79 Å². The van der Waals surface area contributed by atoms with Crippen LogP contribution < -0.4 is 0 Å². The molecule has 1 saturated carbocycles. The van der Waals surface area contributed by atoms with Crippen LogP contribution in [0.15, 0.2) is 0 Å². The molecular weight excluding hydrogens is 172 g/mol. The maximum Gasteiger partial charge on any atom is 0.135 e. The molecule has 0 saturated heterocycles. The van der Waals surface area contributed by atoms with Crippen LogP contribution >= 0.6 is 0 Å². The van der Waals surface area contributed by atoms with Gasteiger partial charge >= 0.3 is 0 Å². The van der Waals surface area contributed by atoms with Crippen molar-refractivity contribution >= 4 is 5.78 Å². The Morgan fingerprint density at radius 2 is 2.07 bits per heavy atom. The SMILES string of the molecule is CC(C)CCC(=O)C1CCCC(C)C1. The molecule has 0 heterocycles. The van der Waals surface area contributed by atoms with E-state index in [4.69, 9.17) is 0 Å². The van der Waals surface area contributed by atoms with Crippen molar-refractivity contribution < 1.29 is 4.79 Å². The van der Waals surface area contributed by atoms with E-state index in [1.165, 1.54) is 12.8 Å². The maximum atomic E-state index is 11.8. The molecule has 0 aromatic rings. The quantitative estimate of drug-likeness (QED) is 0.668. The molecule has 1 heteroatoms. The Kier molecular flexibility index (Phi) is 4.64. The first-order valence-corrected chi connectivity index (χ1v) is 6.12. The van der Waals surface area contributed by atoms with Gasteiger partial charge in [0.2, 0.25) is 0 Å². The van der Waals surface area contributed by atoms with Crippen molar-refractivity contribution in [1.82, 2.24) is 0 Å². The third-order valence-corrected chi connectivity index (χ3v) is 3.36. The van der Waals surface area contributed by atoms with E-state index in [0.717, 1.165) is 31.6 Å². The highest BCUT2D eigenvalue weighted by molar-refractivity contribution is 5.81. The van der Waals surface area contributed by atoms with Gasteiger partial charge in [0, 0.05) is 12.3 Å². The van der Waals surface area contributed by atoms with Gasteiger partial charge in [0.25, 0.3) is 0 Å². The molecule has 14 heavy (non-hydrogen) atoms. The van der Waals surface area contributed by atoms with Gasteiger partial charge in [-0.15, -0.1) is 0 Å². The molecule has 2 atom stereocenters. The van der Waals surface area contributed by atoms with Crippen molar-refractivity contribution in [2.75, 3.05) is 0 Å². The summed E-state index contributed by atoms with van der Waals surface area (Å²) >= 11 is 0. The minimum atomic E-state index is 0.400. The highest BCUT2D eigenvalue weighted by Crippen LogP contribution is 2.30. The Balaban J connectivity index is 2.29. The summed E-state index contributed by atoms with van der Waals surface area (Å²) in [7, 11) is 0. The van der Waals surface area contributed by atoms with Crippen LogP contribution in [0.5, 0.6) is 0 Å². The summed E-state index contributed by atoms with van der Waals surface area (Å²) in [5.74, 6) is 2.37. The Morgan fingerprint density at radius 3 is 2.64 bits per heavy atom. The van der Waals surface area contributed by atoms with Crippen LogP contribution in [0.1, 0.15) is 59.3 Å². The van der Waals surface area contributed by atoms with Gasteiger partial charge in [-0.3, -0.25) is 4.79 Å². The lowest BCUT2D eigenvalue weighted by atomic mass is 9.79. The number of carbonyl (C=O) groups is 1. The molecule has 0 spiro atoms. The van der Waals surface area contributed by atoms with Crippen LogP contribution in [0, 0.1) is 17.8 Å². The number of rotatable bonds is 4. The number of Topliss-reactive ketones (excluding diaryl/α,β-unsaturated/α-hetero) is 1. The van der Waals surface area contributed by atoms with Crippen LogP contribution in [0.2, 0.25) is 0 Å². The third-order valence-electron chi connectivity index (χ3n) is 3.36. The molecule has 0 aromatic heterocycles. The lowest BCUT2D eigenvalue weighted by molar-refractivity contribution is -0.124. The first-order chi connectivity index (χ1) is 6.59. The number of carbonyl (C=O) groups excluding carboxylic acids is 1. The second-order valence-electron chi connectivity index (χ2n) is 5.37. The number of ketones is 1. The van der Waals surface area contributed by atoms with E-state index in [1.807, 2.05) is 0 Å². The molecule has 1 fully saturated rings. The summed E-state index contributed by atoms with van der Waals surface area (Å²) in [6.45, 7) is 6.66. The molecule has 1 aliphatic carbocycles. The second-order valence-corrected chi connectivity index (χ2v) is 5.37. The fourth-order valence-corrected chi connectivity index (χ4v) is 2.36. The summed E-state index contributed by atoms with van der Waals surface area (Å²) in [6.07, 6.45) is 6.78. The van der Waals surface area contributed by atoms with Crippen molar-refractivity contribution in [1.29, 1.82) is 0 Å². The first-order valence-electron chi connectivity index (χ1n) is 6.12. The highest BCUT2D eigenvalue weighted by atomic mass is 16.1. The van der Waals surface area contributed by atoms with E-state index < -0.39 is 0 Å². The Bertz CT molecular complexity index is 184. The Hall–Kier alpha value is -0.330. The van der Waals surface area contributed by atoms with E-state index in [2.05, 4.69) is 20.8 Å². The van der Waals surface area contributed by atoms with Crippen molar-refractivity contribution in [3.8, 4) is 0 Å². The van der Waals surface area contributed by atoms with Gasteiger partial charge in [0.05, 0.1) is 0 Å². The van der Waals surface area contributed by atoms with Crippen LogP contribution in [-0.4, -0.2) is 5.78 Å². The molecule has 0 radical (unpaired) electrons. The molecular formula is C13H24O. The summed E-state index contributed by atoms with van der Waals surface area (Å²) in [6, 6.07) is 0. The van der Waals surface area contributed by atoms with Crippen LogP contribution in [0.4, 0.5) is 0 Å². The monoisotopic (exact) mass is 196 g/mol. The lowest BCUT2D eigenvalue weighted by Gasteiger charge is -2.25. The van der Waals surface area contributed by atoms with E-state index in [1.54, 1.807) is 0 Å². The zero-order valence-corrected chi connectivity index (χ0v) is 9.88. The Morgan fingerprint density at radius 1 is 1.36 bits per heavy atom.